The zero-order valence-corrected chi connectivity index (χ0v) is 10.1. The average molecular weight is 340 g/mol. The molecule has 0 aliphatic heterocycles. The minimum atomic E-state index is -1.79. The Morgan fingerprint density at radius 3 is 0.857 bits per heavy atom. The van der Waals surface area contributed by atoms with Gasteiger partial charge in [0.05, 0.1) is 0 Å². The minimum Gasteiger partial charge on any atom is -0.387 e. The van der Waals surface area contributed by atoms with Gasteiger partial charge in [0.15, 0.2) is 0 Å². The molecule has 0 radical (unpaired) electrons. The fraction of sp³-hybridized carbons (Fsp3) is 1.00. The van der Waals surface area contributed by atoms with Crippen LogP contribution < -0.4 is 0 Å². The lowest BCUT2D eigenvalue weighted by Gasteiger charge is -2.27. The largest absolute Gasteiger partial charge is 0.387 e. The molecule has 14 heavy (non-hydrogen) atoms. The Balaban J connectivity index is 4.30. The topological polar surface area (TPSA) is 121 Å². The maximum absolute atomic E-state index is 9.19. The van der Waals surface area contributed by atoms with Crippen LogP contribution in [0.1, 0.15) is 0 Å². The number of alkyl halides is 2. The Kier molecular flexibility index (Phi) is 6.66. The predicted molar refractivity (Wildman–Crippen MR) is 53.9 cm³/mol. The van der Waals surface area contributed by atoms with Gasteiger partial charge in [0.1, 0.15) is 34.4 Å². The summed E-state index contributed by atoms with van der Waals surface area (Å²) in [7, 11) is 0. The Morgan fingerprint density at radius 2 is 0.714 bits per heavy atom. The second kappa shape index (κ2) is 6.33. The lowest BCUT2D eigenvalue weighted by molar-refractivity contribution is -0.130. The van der Waals surface area contributed by atoms with E-state index in [2.05, 4.69) is 31.9 Å². The molecule has 0 aromatic rings. The van der Waals surface area contributed by atoms with E-state index >= 15 is 0 Å². The Hall–Kier alpha value is 0.720. The molecule has 0 saturated heterocycles. The summed E-state index contributed by atoms with van der Waals surface area (Å²) in [6.07, 6.45) is -6.92. The van der Waals surface area contributed by atoms with Crippen LogP contribution in [0.15, 0.2) is 0 Å². The molecule has 2 unspecified atom stereocenters. The second-order valence-electron chi connectivity index (χ2n) is 2.71. The third-order valence-corrected chi connectivity index (χ3v) is 2.70. The number of halogens is 2. The molecule has 0 saturated carbocycles. The molecule has 0 aliphatic rings. The van der Waals surface area contributed by atoms with E-state index in [1.807, 2.05) is 0 Å². The van der Waals surface area contributed by atoms with E-state index in [-0.39, 0.29) is 0 Å². The van der Waals surface area contributed by atoms with Gasteiger partial charge in [-0.2, -0.15) is 0 Å². The van der Waals surface area contributed by atoms with Crippen LogP contribution >= 0.6 is 31.9 Å². The molecular formula is C6H12Br2O6. The van der Waals surface area contributed by atoms with Crippen molar-refractivity contribution in [1.29, 1.82) is 0 Å². The highest BCUT2D eigenvalue weighted by Gasteiger charge is 2.35. The van der Waals surface area contributed by atoms with Crippen molar-refractivity contribution < 1.29 is 30.6 Å². The molecule has 0 rings (SSSR count). The van der Waals surface area contributed by atoms with Crippen LogP contribution in [0.4, 0.5) is 0 Å². The number of aliphatic hydroxyl groups excluding tert-OH is 6. The highest BCUT2D eigenvalue weighted by atomic mass is 79.9. The van der Waals surface area contributed by atoms with Crippen molar-refractivity contribution in [2.24, 2.45) is 0 Å². The van der Waals surface area contributed by atoms with E-state index in [9.17, 15) is 10.2 Å². The van der Waals surface area contributed by atoms with E-state index in [1.165, 1.54) is 0 Å². The summed E-state index contributed by atoms with van der Waals surface area (Å²) in [6, 6.07) is 0. The van der Waals surface area contributed by atoms with E-state index in [0.717, 1.165) is 0 Å². The Morgan fingerprint density at radius 1 is 0.500 bits per heavy atom. The molecule has 0 heterocycles. The van der Waals surface area contributed by atoms with Crippen LogP contribution in [0.2, 0.25) is 0 Å². The van der Waals surface area contributed by atoms with Gasteiger partial charge in [0.2, 0.25) is 0 Å². The van der Waals surface area contributed by atoms with E-state index in [4.69, 9.17) is 20.4 Å². The van der Waals surface area contributed by atoms with Gasteiger partial charge in [-0.05, 0) is 0 Å². The summed E-state index contributed by atoms with van der Waals surface area (Å²) in [6.45, 7) is 0. The molecule has 86 valence electrons. The standard InChI is InChI=1S/C6H12Br2O6/c7-5(13)3(11)1(9)2(10)4(12)6(8)14/h1-6,9-14H/t1-,2+,3+,4-,5?,6?. The fourth-order valence-electron chi connectivity index (χ4n) is 0.729. The van der Waals surface area contributed by atoms with Gasteiger partial charge in [-0.15, -0.1) is 0 Å². The summed E-state index contributed by atoms with van der Waals surface area (Å²) in [5.74, 6) is 0. The monoisotopic (exact) mass is 338 g/mol. The first-order valence-corrected chi connectivity index (χ1v) is 5.48. The number of hydrogen-bond donors (Lipinski definition) is 6. The average Bonchev–Trinajstić information content (AvgIpc) is 2.12. The highest BCUT2D eigenvalue weighted by Crippen LogP contribution is 2.15. The van der Waals surface area contributed by atoms with Crippen LogP contribution in [0.3, 0.4) is 0 Å². The van der Waals surface area contributed by atoms with Gasteiger partial charge in [-0.3, -0.25) is 0 Å². The Bertz CT molecular complexity index is 148. The van der Waals surface area contributed by atoms with Gasteiger partial charge in [-0.25, -0.2) is 0 Å². The maximum atomic E-state index is 9.19. The summed E-state index contributed by atoms with van der Waals surface area (Å²) in [5, 5.41) is 51.3. The quantitative estimate of drug-likeness (QED) is 0.318. The summed E-state index contributed by atoms with van der Waals surface area (Å²) >= 11 is 5.15. The smallest absolute Gasteiger partial charge is 0.137 e. The lowest BCUT2D eigenvalue weighted by atomic mass is 10.0. The van der Waals surface area contributed by atoms with Crippen LogP contribution in [-0.2, 0) is 0 Å². The molecule has 6 nitrogen and oxygen atoms in total. The second-order valence-corrected chi connectivity index (χ2v) is 4.58. The lowest BCUT2D eigenvalue weighted by Crippen LogP contribution is -2.50. The van der Waals surface area contributed by atoms with Crippen molar-refractivity contribution in [3.8, 4) is 0 Å². The van der Waals surface area contributed by atoms with Crippen molar-refractivity contribution in [2.45, 2.75) is 34.4 Å². The third kappa shape index (κ3) is 4.07. The van der Waals surface area contributed by atoms with Crippen LogP contribution in [0.5, 0.6) is 0 Å². The molecule has 6 N–H and O–H groups in total. The van der Waals surface area contributed by atoms with E-state index in [1.54, 1.807) is 0 Å². The molecule has 6 atom stereocenters. The summed E-state index contributed by atoms with van der Waals surface area (Å²) < 4.78 is 0. The van der Waals surface area contributed by atoms with Crippen LogP contribution in [-0.4, -0.2) is 65.1 Å². The molecule has 0 aliphatic carbocycles. The minimum absolute atomic E-state index is 1.44. The zero-order valence-electron chi connectivity index (χ0n) is 6.90. The highest BCUT2D eigenvalue weighted by molar-refractivity contribution is 9.09. The summed E-state index contributed by atoms with van der Waals surface area (Å²) in [4.78, 5) is 0. The van der Waals surface area contributed by atoms with Crippen molar-refractivity contribution >= 4 is 31.9 Å². The normalized spacial score (nSPS) is 24.9. The van der Waals surface area contributed by atoms with Crippen molar-refractivity contribution in [3.05, 3.63) is 0 Å². The molecule has 0 fully saturated rings. The van der Waals surface area contributed by atoms with E-state index in [0.29, 0.717) is 0 Å². The maximum Gasteiger partial charge on any atom is 0.137 e. The number of hydrogen-bond acceptors (Lipinski definition) is 6. The van der Waals surface area contributed by atoms with Gasteiger partial charge in [-0.1, -0.05) is 31.9 Å². The first kappa shape index (κ1) is 14.7. The van der Waals surface area contributed by atoms with Crippen molar-refractivity contribution in [3.63, 3.8) is 0 Å². The molecule has 0 bridgehead atoms. The number of rotatable bonds is 5. The summed E-state index contributed by atoms with van der Waals surface area (Å²) in [5.41, 5.74) is 0. The predicted octanol–water partition coefficient (Wildman–Crippen LogP) is -2.14. The van der Waals surface area contributed by atoms with Crippen molar-refractivity contribution in [2.75, 3.05) is 0 Å². The molecule has 0 amide bonds. The SMILES string of the molecule is OC(Br)[C@@H](O)[C@H](O)[C@H](O)[C@@H](O)C(O)Br. The molecule has 8 heteroatoms. The van der Waals surface area contributed by atoms with Gasteiger partial charge in [0.25, 0.3) is 0 Å². The molecule has 0 spiro atoms. The van der Waals surface area contributed by atoms with Crippen molar-refractivity contribution in [1.82, 2.24) is 0 Å². The van der Waals surface area contributed by atoms with Crippen LogP contribution in [0, 0.1) is 0 Å². The molecule has 0 aromatic carbocycles. The number of aliphatic hydroxyl groups is 6. The first-order chi connectivity index (χ1) is 6.29. The van der Waals surface area contributed by atoms with Crippen LogP contribution in [0.25, 0.3) is 0 Å². The third-order valence-electron chi connectivity index (χ3n) is 1.61. The fourth-order valence-corrected chi connectivity index (χ4v) is 1.35. The van der Waals surface area contributed by atoms with Gasteiger partial charge in [0, 0.05) is 0 Å². The first-order valence-electron chi connectivity index (χ1n) is 3.65. The molecular weight excluding hydrogens is 328 g/mol. The van der Waals surface area contributed by atoms with E-state index < -0.39 is 34.4 Å². The zero-order chi connectivity index (χ0) is 11.5. The Labute approximate surface area is 97.1 Å². The molecule has 0 aromatic heterocycles. The van der Waals surface area contributed by atoms with Gasteiger partial charge >= 0.3 is 0 Å². The van der Waals surface area contributed by atoms with Gasteiger partial charge < -0.3 is 30.6 Å².